The fourth-order valence-electron chi connectivity index (χ4n) is 3.97. The second kappa shape index (κ2) is 10.3. The number of sulfonamides is 1. The zero-order chi connectivity index (χ0) is 24.1. The molecule has 1 fully saturated rings. The first-order valence-corrected chi connectivity index (χ1v) is 12.7. The second-order valence-electron chi connectivity index (χ2n) is 7.95. The number of amides is 1. The molecule has 6 nitrogen and oxygen atoms in total. The second-order valence-corrected chi connectivity index (χ2v) is 10.0. The van der Waals surface area contributed by atoms with E-state index in [1.807, 2.05) is 29.2 Å². The number of nitrogens with one attached hydrogen (secondary N) is 1. The van der Waals surface area contributed by atoms with Gasteiger partial charge in [-0.05, 0) is 66.4 Å². The zero-order valence-corrected chi connectivity index (χ0v) is 20.2. The maximum absolute atomic E-state index is 12.9. The van der Waals surface area contributed by atoms with Gasteiger partial charge < -0.3 is 9.64 Å². The Morgan fingerprint density at radius 1 is 1.06 bits per heavy atom. The van der Waals surface area contributed by atoms with Crippen molar-refractivity contribution in [2.75, 3.05) is 18.4 Å². The summed E-state index contributed by atoms with van der Waals surface area (Å²) in [5.74, 6) is 0.711. The van der Waals surface area contributed by atoms with Gasteiger partial charge in [-0.1, -0.05) is 48.0 Å². The number of hydrogen-bond acceptors (Lipinski definition) is 4. The quantitative estimate of drug-likeness (QED) is 0.436. The molecule has 1 amide bonds. The average molecular weight is 497 g/mol. The first-order valence-electron chi connectivity index (χ1n) is 10.9. The van der Waals surface area contributed by atoms with Gasteiger partial charge in [-0.25, -0.2) is 8.42 Å². The van der Waals surface area contributed by atoms with Crippen molar-refractivity contribution in [3.05, 3.63) is 95.0 Å². The van der Waals surface area contributed by atoms with Crippen molar-refractivity contribution in [1.29, 1.82) is 0 Å². The summed E-state index contributed by atoms with van der Waals surface area (Å²) in [4.78, 5) is 14.9. The molecule has 1 atom stereocenters. The molecule has 1 heterocycles. The van der Waals surface area contributed by atoms with E-state index in [4.69, 9.17) is 16.3 Å². The van der Waals surface area contributed by atoms with Crippen LogP contribution in [0.25, 0.3) is 6.08 Å². The molecule has 1 unspecified atom stereocenters. The van der Waals surface area contributed by atoms with Gasteiger partial charge in [0.25, 0.3) is 10.0 Å². The number of para-hydroxylation sites is 1. The highest BCUT2D eigenvalue weighted by Crippen LogP contribution is 2.33. The van der Waals surface area contributed by atoms with Gasteiger partial charge in [0, 0.05) is 12.6 Å². The third-order valence-electron chi connectivity index (χ3n) is 5.76. The van der Waals surface area contributed by atoms with Crippen LogP contribution in [0.1, 0.15) is 30.0 Å². The third kappa shape index (κ3) is 5.43. The molecule has 0 aromatic heterocycles. The highest BCUT2D eigenvalue weighted by Gasteiger charge is 2.28. The van der Waals surface area contributed by atoms with Crippen LogP contribution >= 0.6 is 11.6 Å². The van der Waals surface area contributed by atoms with Gasteiger partial charge >= 0.3 is 0 Å². The number of carbonyl (C=O) groups excluding carboxylic acids is 1. The number of rotatable bonds is 7. The highest BCUT2D eigenvalue weighted by molar-refractivity contribution is 7.92. The molecule has 0 radical (unpaired) electrons. The number of nitrogens with zero attached hydrogens (tertiary/aromatic N) is 1. The Kier molecular flexibility index (Phi) is 7.24. The molecule has 0 saturated carbocycles. The summed E-state index contributed by atoms with van der Waals surface area (Å²) in [6.45, 7) is 0.699. The summed E-state index contributed by atoms with van der Waals surface area (Å²) in [7, 11) is -2.16. The Hall–Kier alpha value is -3.29. The van der Waals surface area contributed by atoms with Crippen LogP contribution in [0.3, 0.4) is 0 Å². The minimum Gasteiger partial charge on any atom is -0.497 e. The zero-order valence-electron chi connectivity index (χ0n) is 18.6. The van der Waals surface area contributed by atoms with Crippen molar-refractivity contribution in [1.82, 2.24) is 4.90 Å². The van der Waals surface area contributed by atoms with E-state index in [0.29, 0.717) is 17.3 Å². The molecule has 1 aliphatic heterocycles. The van der Waals surface area contributed by atoms with Crippen LogP contribution < -0.4 is 9.46 Å². The summed E-state index contributed by atoms with van der Waals surface area (Å²) >= 11 is 6.05. The predicted molar refractivity (Wildman–Crippen MR) is 134 cm³/mol. The molecule has 8 heteroatoms. The number of ether oxygens (including phenoxy) is 1. The molecular formula is C26H25ClN2O4S. The minimum atomic E-state index is -3.78. The van der Waals surface area contributed by atoms with Gasteiger partial charge in [0.2, 0.25) is 5.91 Å². The van der Waals surface area contributed by atoms with Gasteiger partial charge in [-0.15, -0.1) is 0 Å². The lowest BCUT2D eigenvalue weighted by atomic mass is 10.0. The minimum absolute atomic E-state index is 0.0338. The van der Waals surface area contributed by atoms with Gasteiger partial charge in [-0.2, -0.15) is 0 Å². The third-order valence-corrected chi connectivity index (χ3v) is 7.47. The van der Waals surface area contributed by atoms with Crippen LogP contribution in [0, 0.1) is 0 Å². The summed E-state index contributed by atoms with van der Waals surface area (Å²) in [5.41, 5.74) is 2.13. The standard InChI is InChI=1S/C26H25ClN2O4S/c1-33-21-13-11-20(12-14-21)25-7-4-18-29(25)26(30)17-10-19-8-15-22(16-9-19)34(31,32)28-24-6-3-2-5-23(24)27/h2-3,5-6,8-17,25,28H,4,7,18H2,1H3/b17-10+. The van der Waals surface area contributed by atoms with Crippen LogP contribution in [0.4, 0.5) is 5.69 Å². The fraction of sp³-hybridized carbons (Fsp3) is 0.192. The van der Waals surface area contributed by atoms with Crippen LogP contribution in [0.15, 0.2) is 83.8 Å². The number of methoxy groups -OCH3 is 1. The first-order chi connectivity index (χ1) is 16.4. The summed E-state index contributed by atoms with van der Waals surface area (Å²) < 4.78 is 33.0. The summed E-state index contributed by atoms with van der Waals surface area (Å²) in [6, 6.07) is 20.8. The smallest absolute Gasteiger partial charge is 0.261 e. The SMILES string of the molecule is COc1ccc(C2CCCN2C(=O)/C=C/c2ccc(S(=O)(=O)Nc3ccccc3Cl)cc2)cc1. The maximum atomic E-state index is 12.9. The Morgan fingerprint density at radius 3 is 2.44 bits per heavy atom. The number of hydrogen-bond donors (Lipinski definition) is 1. The molecule has 1 aliphatic rings. The number of anilines is 1. The van der Waals surface area contributed by atoms with Gasteiger partial charge in [0.15, 0.2) is 0 Å². The van der Waals surface area contributed by atoms with E-state index in [2.05, 4.69) is 4.72 Å². The van der Waals surface area contributed by atoms with E-state index in [9.17, 15) is 13.2 Å². The van der Waals surface area contributed by atoms with E-state index in [-0.39, 0.29) is 16.8 Å². The molecule has 0 spiro atoms. The lowest BCUT2D eigenvalue weighted by Crippen LogP contribution is -2.28. The number of carbonyl (C=O) groups is 1. The van der Waals surface area contributed by atoms with Crippen LogP contribution in [-0.4, -0.2) is 32.9 Å². The van der Waals surface area contributed by atoms with Gasteiger partial charge in [0.1, 0.15) is 5.75 Å². The summed E-state index contributed by atoms with van der Waals surface area (Å²) in [6.07, 6.45) is 5.09. The molecule has 3 aromatic rings. The molecule has 0 aliphatic carbocycles. The molecule has 1 saturated heterocycles. The van der Waals surface area contributed by atoms with Crippen molar-refractivity contribution in [2.45, 2.75) is 23.8 Å². The number of halogens is 1. The lowest BCUT2D eigenvalue weighted by Gasteiger charge is -2.24. The molecule has 1 N–H and O–H groups in total. The molecule has 34 heavy (non-hydrogen) atoms. The molecule has 3 aromatic carbocycles. The van der Waals surface area contributed by atoms with Crippen molar-refractivity contribution in [3.63, 3.8) is 0 Å². The topological polar surface area (TPSA) is 75.7 Å². The normalized spacial score (nSPS) is 16.1. The Morgan fingerprint density at radius 2 is 1.76 bits per heavy atom. The molecule has 0 bridgehead atoms. The largest absolute Gasteiger partial charge is 0.497 e. The monoisotopic (exact) mass is 496 g/mol. The van der Waals surface area contributed by atoms with E-state index < -0.39 is 10.0 Å². The van der Waals surface area contributed by atoms with Crippen molar-refractivity contribution >= 4 is 39.3 Å². The Balaban J connectivity index is 1.43. The Labute approximate surface area is 204 Å². The highest BCUT2D eigenvalue weighted by atomic mass is 35.5. The fourth-order valence-corrected chi connectivity index (χ4v) is 5.29. The van der Waals surface area contributed by atoms with Crippen LogP contribution in [-0.2, 0) is 14.8 Å². The van der Waals surface area contributed by atoms with Gasteiger partial charge in [-0.3, -0.25) is 9.52 Å². The van der Waals surface area contributed by atoms with E-state index >= 15 is 0 Å². The van der Waals surface area contributed by atoms with Crippen LogP contribution in [0.5, 0.6) is 5.75 Å². The van der Waals surface area contributed by atoms with Crippen LogP contribution in [0.2, 0.25) is 5.02 Å². The molecule has 176 valence electrons. The first kappa shape index (κ1) is 23.9. The van der Waals surface area contributed by atoms with E-state index in [1.54, 1.807) is 49.6 Å². The number of likely N-dealkylation sites (tertiary alicyclic amines) is 1. The average Bonchev–Trinajstić information content (AvgIpc) is 3.34. The predicted octanol–water partition coefficient (Wildman–Crippen LogP) is 5.53. The molecule has 4 rings (SSSR count). The van der Waals surface area contributed by atoms with Crippen molar-refractivity contribution < 1.29 is 17.9 Å². The van der Waals surface area contributed by atoms with E-state index in [0.717, 1.165) is 29.7 Å². The lowest BCUT2D eigenvalue weighted by molar-refractivity contribution is -0.126. The molecular weight excluding hydrogens is 472 g/mol. The van der Waals surface area contributed by atoms with Crippen molar-refractivity contribution in [3.8, 4) is 5.75 Å². The van der Waals surface area contributed by atoms with Crippen molar-refractivity contribution in [2.24, 2.45) is 0 Å². The maximum Gasteiger partial charge on any atom is 0.261 e. The van der Waals surface area contributed by atoms with Gasteiger partial charge in [0.05, 0.1) is 28.8 Å². The number of benzene rings is 3. The Bertz CT molecular complexity index is 1290. The summed E-state index contributed by atoms with van der Waals surface area (Å²) in [5, 5.41) is 0.319. The van der Waals surface area contributed by atoms with E-state index in [1.165, 1.54) is 18.2 Å².